The molecule has 31 heavy (non-hydrogen) atoms. The highest BCUT2D eigenvalue weighted by atomic mass is 127. The molecule has 156 valence electrons. The Morgan fingerprint density at radius 2 is 1.84 bits per heavy atom. The average molecular weight is 540 g/mol. The van der Waals surface area contributed by atoms with Gasteiger partial charge in [-0.05, 0) is 89.7 Å². The van der Waals surface area contributed by atoms with Crippen LogP contribution in [-0.4, -0.2) is 11.1 Å². The Labute approximate surface area is 200 Å². The Hall–Kier alpha value is -2.58. The summed E-state index contributed by atoms with van der Waals surface area (Å²) in [6.07, 6.45) is 1.88. The fraction of sp³-hybridized carbons (Fsp3) is 0.120. The number of thioether (sulfide) groups is 1. The minimum atomic E-state index is -0.134. The van der Waals surface area contributed by atoms with Crippen molar-refractivity contribution in [1.82, 2.24) is 5.32 Å². The first-order valence-corrected chi connectivity index (χ1v) is 11.7. The van der Waals surface area contributed by atoms with Crippen LogP contribution in [0.15, 0.2) is 76.6 Å². The number of rotatable bonds is 5. The molecular weight excluding hydrogens is 519 g/mol. The van der Waals surface area contributed by atoms with Gasteiger partial charge in [0.1, 0.15) is 12.4 Å². The monoisotopic (exact) mass is 540 g/mol. The third kappa shape index (κ3) is 5.77. The number of carbonyl (C=O) groups excluding carboxylic acids is 1. The predicted octanol–water partition coefficient (Wildman–Crippen LogP) is 6.38. The molecule has 4 nitrogen and oxygen atoms in total. The van der Waals surface area contributed by atoms with Gasteiger partial charge in [0.2, 0.25) is 0 Å². The van der Waals surface area contributed by atoms with Crippen molar-refractivity contribution in [1.29, 1.82) is 0 Å². The van der Waals surface area contributed by atoms with Crippen LogP contribution >= 0.6 is 34.4 Å². The molecule has 1 aliphatic heterocycles. The van der Waals surface area contributed by atoms with Crippen molar-refractivity contribution < 1.29 is 9.53 Å². The lowest BCUT2D eigenvalue weighted by Gasteiger charge is -2.09. The van der Waals surface area contributed by atoms with Gasteiger partial charge in [0.25, 0.3) is 5.91 Å². The lowest BCUT2D eigenvalue weighted by Crippen LogP contribution is -2.19. The molecule has 1 heterocycles. The maximum absolute atomic E-state index is 12.4. The second kappa shape index (κ2) is 9.70. The molecule has 0 aliphatic carbocycles. The third-order valence-electron chi connectivity index (χ3n) is 4.65. The fourth-order valence-electron chi connectivity index (χ4n) is 3.06. The van der Waals surface area contributed by atoms with Gasteiger partial charge >= 0.3 is 0 Å². The van der Waals surface area contributed by atoms with Crippen molar-refractivity contribution in [2.24, 2.45) is 4.99 Å². The number of carbonyl (C=O) groups is 1. The van der Waals surface area contributed by atoms with E-state index >= 15 is 0 Å². The van der Waals surface area contributed by atoms with Gasteiger partial charge in [0.05, 0.1) is 14.2 Å². The number of halogens is 1. The molecule has 0 unspecified atom stereocenters. The first-order chi connectivity index (χ1) is 15.0. The smallest absolute Gasteiger partial charge is 0.264 e. The van der Waals surface area contributed by atoms with Gasteiger partial charge < -0.3 is 10.1 Å². The summed E-state index contributed by atoms with van der Waals surface area (Å²) in [5, 5.41) is 3.43. The van der Waals surface area contributed by atoms with E-state index < -0.39 is 0 Å². The summed E-state index contributed by atoms with van der Waals surface area (Å²) in [6, 6.07) is 22.1. The second-order valence-electron chi connectivity index (χ2n) is 7.28. The molecule has 0 radical (unpaired) electrons. The van der Waals surface area contributed by atoms with Crippen LogP contribution in [0.2, 0.25) is 0 Å². The molecule has 0 saturated carbocycles. The van der Waals surface area contributed by atoms with E-state index in [1.807, 2.05) is 61.5 Å². The zero-order chi connectivity index (χ0) is 21.8. The summed E-state index contributed by atoms with van der Waals surface area (Å²) in [7, 11) is 0. The molecule has 1 amide bonds. The average Bonchev–Trinajstić information content (AvgIpc) is 3.08. The van der Waals surface area contributed by atoms with Crippen LogP contribution in [0.4, 0.5) is 5.69 Å². The Bertz CT molecular complexity index is 1190. The highest BCUT2D eigenvalue weighted by Gasteiger charge is 2.23. The maximum Gasteiger partial charge on any atom is 0.264 e. The summed E-state index contributed by atoms with van der Waals surface area (Å²) in [5.41, 5.74) is 5.30. The van der Waals surface area contributed by atoms with Crippen LogP contribution in [0.25, 0.3) is 6.08 Å². The van der Waals surface area contributed by atoms with Crippen molar-refractivity contribution in [3.05, 3.63) is 97.5 Å². The molecule has 0 atom stereocenters. The first kappa shape index (κ1) is 21.6. The Balaban J connectivity index is 1.45. The van der Waals surface area contributed by atoms with Crippen LogP contribution in [0.5, 0.6) is 5.75 Å². The van der Waals surface area contributed by atoms with Crippen molar-refractivity contribution in [3.63, 3.8) is 0 Å². The van der Waals surface area contributed by atoms with Gasteiger partial charge in [-0.15, -0.1) is 0 Å². The predicted molar refractivity (Wildman–Crippen MR) is 137 cm³/mol. The van der Waals surface area contributed by atoms with E-state index in [1.54, 1.807) is 0 Å². The molecule has 0 bridgehead atoms. The fourth-order valence-corrected chi connectivity index (χ4v) is 4.59. The van der Waals surface area contributed by atoms with Crippen LogP contribution in [-0.2, 0) is 11.4 Å². The lowest BCUT2D eigenvalue weighted by molar-refractivity contribution is -0.115. The number of hydrogen-bond acceptors (Lipinski definition) is 4. The molecule has 3 aromatic carbocycles. The zero-order valence-corrected chi connectivity index (χ0v) is 20.2. The lowest BCUT2D eigenvalue weighted by atomic mass is 10.1. The van der Waals surface area contributed by atoms with E-state index in [9.17, 15) is 4.79 Å². The number of aliphatic imine (C=N–C) groups is 1. The van der Waals surface area contributed by atoms with Crippen LogP contribution in [0.3, 0.4) is 0 Å². The van der Waals surface area contributed by atoms with Crippen LogP contribution < -0.4 is 10.1 Å². The molecule has 0 spiro atoms. The molecule has 4 rings (SSSR count). The van der Waals surface area contributed by atoms with E-state index in [2.05, 4.69) is 58.0 Å². The Kier molecular flexibility index (Phi) is 6.77. The number of amidine groups is 1. The number of hydrogen-bond donors (Lipinski definition) is 1. The number of nitrogens with zero attached hydrogens (tertiary/aromatic N) is 1. The Morgan fingerprint density at radius 3 is 2.58 bits per heavy atom. The number of aryl methyl sites for hydroxylation is 2. The largest absolute Gasteiger partial charge is 0.488 e. The van der Waals surface area contributed by atoms with Gasteiger partial charge in [-0.25, -0.2) is 4.99 Å². The van der Waals surface area contributed by atoms with Gasteiger partial charge in [0, 0.05) is 0 Å². The van der Waals surface area contributed by atoms with Gasteiger partial charge in [-0.3, -0.25) is 4.79 Å². The van der Waals surface area contributed by atoms with E-state index in [0.717, 1.165) is 26.1 Å². The van der Waals surface area contributed by atoms with Gasteiger partial charge in [-0.1, -0.05) is 53.6 Å². The highest BCUT2D eigenvalue weighted by molar-refractivity contribution is 14.1. The minimum absolute atomic E-state index is 0.134. The molecule has 6 heteroatoms. The van der Waals surface area contributed by atoms with E-state index in [4.69, 9.17) is 4.74 Å². The Morgan fingerprint density at radius 1 is 1.03 bits per heavy atom. The first-order valence-electron chi connectivity index (χ1n) is 9.80. The van der Waals surface area contributed by atoms with E-state index in [0.29, 0.717) is 16.7 Å². The normalized spacial score (nSPS) is 16.0. The van der Waals surface area contributed by atoms with Crippen molar-refractivity contribution in [3.8, 4) is 5.75 Å². The summed E-state index contributed by atoms with van der Waals surface area (Å²) in [5.74, 6) is 0.694. The molecule has 3 aromatic rings. The highest BCUT2D eigenvalue weighted by Crippen LogP contribution is 2.30. The van der Waals surface area contributed by atoms with Crippen molar-refractivity contribution >= 4 is 57.2 Å². The third-order valence-corrected chi connectivity index (χ3v) is 6.40. The van der Waals surface area contributed by atoms with E-state index in [1.165, 1.54) is 22.9 Å². The summed E-state index contributed by atoms with van der Waals surface area (Å²) >= 11 is 3.61. The molecule has 1 fully saturated rings. The summed E-state index contributed by atoms with van der Waals surface area (Å²) in [6.45, 7) is 4.63. The van der Waals surface area contributed by atoms with Crippen LogP contribution in [0.1, 0.15) is 22.3 Å². The van der Waals surface area contributed by atoms with Crippen molar-refractivity contribution in [2.45, 2.75) is 20.5 Å². The summed E-state index contributed by atoms with van der Waals surface area (Å²) < 4.78 is 6.98. The maximum atomic E-state index is 12.4. The second-order valence-corrected chi connectivity index (χ2v) is 9.48. The van der Waals surface area contributed by atoms with Crippen molar-refractivity contribution in [2.75, 3.05) is 0 Å². The quantitative estimate of drug-likeness (QED) is 0.302. The number of ether oxygens (including phenoxy) is 1. The SMILES string of the molecule is Cc1ccc(N=C2NC(=O)/C(=C\c3ccc(OCc4cccc(C)c4)c(I)c3)S2)cc1. The molecule has 0 aromatic heterocycles. The number of benzene rings is 3. The molecular formula is C25H21IN2O2S. The van der Waals surface area contributed by atoms with E-state index in [-0.39, 0.29) is 5.91 Å². The standard InChI is InChI=1S/C25H21IN2O2S/c1-16-6-9-20(10-7-16)27-25-28-24(29)23(31-25)14-18-8-11-22(21(26)13-18)30-15-19-5-3-4-17(2)12-19/h3-14H,15H2,1-2H3,(H,27,28,29)/b23-14+. The summed E-state index contributed by atoms with van der Waals surface area (Å²) in [4.78, 5) is 17.5. The topological polar surface area (TPSA) is 50.7 Å². The molecule has 1 N–H and O–H groups in total. The molecule has 1 aliphatic rings. The van der Waals surface area contributed by atoms with Gasteiger partial charge in [-0.2, -0.15) is 0 Å². The van der Waals surface area contributed by atoms with Gasteiger partial charge in [0.15, 0.2) is 5.17 Å². The minimum Gasteiger partial charge on any atom is -0.488 e. The number of amides is 1. The number of nitrogens with one attached hydrogen (secondary N) is 1. The van der Waals surface area contributed by atoms with Crippen LogP contribution in [0, 0.1) is 17.4 Å². The zero-order valence-electron chi connectivity index (χ0n) is 17.2. The molecule has 1 saturated heterocycles.